The molecule has 1 atom stereocenters. The van der Waals surface area contributed by atoms with Crippen LogP contribution in [-0.4, -0.2) is 18.5 Å². The summed E-state index contributed by atoms with van der Waals surface area (Å²) < 4.78 is 4.99. The largest absolute Gasteiger partial charge is 0.504 e. The zero-order valence-corrected chi connectivity index (χ0v) is 7.65. The number of methoxy groups -OCH3 is 1. The predicted octanol–water partition coefficient (Wildman–Crippen LogP) is 1.70. The quantitative estimate of drug-likeness (QED) is 0.720. The van der Waals surface area contributed by atoms with Gasteiger partial charge in [0.05, 0.1) is 7.11 Å². The van der Waals surface area contributed by atoms with Crippen LogP contribution in [0.5, 0.6) is 11.5 Å². The van der Waals surface area contributed by atoms with Crippen molar-refractivity contribution in [3.05, 3.63) is 23.8 Å². The van der Waals surface area contributed by atoms with Crippen molar-refractivity contribution in [1.29, 1.82) is 0 Å². The third kappa shape index (κ3) is 1.80. The van der Waals surface area contributed by atoms with Crippen molar-refractivity contribution in [1.82, 2.24) is 0 Å². The topological polar surface area (TPSA) is 46.5 Å². The van der Waals surface area contributed by atoms with Crippen molar-refractivity contribution in [3.8, 4) is 11.5 Å². The van der Waals surface area contributed by atoms with Gasteiger partial charge in [0.25, 0.3) is 0 Å². The molecule has 1 aromatic rings. The standard InChI is InChI=1S/C10H12O3/c1-7(6-11)8-4-3-5-9(12)10(8)13-2/h3-7,12H,1-2H3. The first-order valence-electron chi connectivity index (χ1n) is 4.02. The Morgan fingerprint density at radius 3 is 2.77 bits per heavy atom. The minimum atomic E-state index is -0.262. The van der Waals surface area contributed by atoms with Crippen molar-refractivity contribution >= 4 is 6.29 Å². The molecule has 70 valence electrons. The zero-order valence-electron chi connectivity index (χ0n) is 7.65. The van der Waals surface area contributed by atoms with Gasteiger partial charge in [0.1, 0.15) is 6.29 Å². The maximum atomic E-state index is 10.5. The lowest BCUT2D eigenvalue weighted by Gasteiger charge is -2.11. The average Bonchev–Trinajstić information content (AvgIpc) is 2.16. The van der Waals surface area contributed by atoms with Gasteiger partial charge >= 0.3 is 0 Å². The van der Waals surface area contributed by atoms with E-state index < -0.39 is 0 Å². The van der Waals surface area contributed by atoms with Gasteiger partial charge in [-0.3, -0.25) is 0 Å². The van der Waals surface area contributed by atoms with E-state index in [4.69, 9.17) is 4.74 Å². The van der Waals surface area contributed by atoms with Crippen molar-refractivity contribution in [2.24, 2.45) is 0 Å². The number of rotatable bonds is 3. The summed E-state index contributed by atoms with van der Waals surface area (Å²) in [5, 5.41) is 9.39. The fourth-order valence-corrected chi connectivity index (χ4v) is 1.20. The molecular weight excluding hydrogens is 168 g/mol. The monoisotopic (exact) mass is 180 g/mol. The molecule has 0 aliphatic carbocycles. The van der Waals surface area contributed by atoms with E-state index in [0.717, 1.165) is 6.29 Å². The third-order valence-corrected chi connectivity index (χ3v) is 1.92. The highest BCUT2D eigenvalue weighted by atomic mass is 16.5. The number of phenols is 1. The minimum absolute atomic E-state index is 0.0636. The van der Waals surface area contributed by atoms with Gasteiger partial charge in [-0.05, 0) is 6.07 Å². The highest BCUT2D eigenvalue weighted by molar-refractivity contribution is 5.65. The molecule has 3 nitrogen and oxygen atoms in total. The van der Waals surface area contributed by atoms with E-state index in [2.05, 4.69) is 0 Å². The number of hydrogen-bond donors (Lipinski definition) is 1. The van der Waals surface area contributed by atoms with E-state index in [9.17, 15) is 9.90 Å². The first kappa shape index (κ1) is 9.58. The summed E-state index contributed by atoms with van der Waals surface area (Å²) in [4.78, 5) is 10.5. The second-order valence-electron chi connectivity index (χ2n) is 2.82. The van der Waals surface area contributed by atoms with E-state index in [0.29, 0.717) is 11.3 Å². The summed E-state index contributed by atoms with van der Waals surface area (Å²) in [5.74, 6) is 0.179. The number of aldehydes is 1. The molecule has 0 fully saturated rings. The molecule has 0 amide bonds. The van der Waals surface area contributed by atoms with Gasteiger partial charge in [-0.25, -0.2) is 0 Å². The summed E-state index contributed by atoms with van der Waals surface area (Å²) in [7, 11) is 1.47. The molecule has 3 heteroatoms. The van der Waals surface area contributed by atoms with Crippen LogP contribution in [0.15, 0.2) is 18.2 Å². The van der Waals surface area contributed by atoms with Crippen molar-refractivity contribution < 1.29 is 14.6 Å². The molecule has 0 spiro atoms. The molecule has 0 saturated carbocycles. The molecule has 0 aliphatic heterocycles. The molecule has 13 heavy (non-hydrogen) atoms. The SMILES string of the molecule is COc1c(O)cccc1C(C)C=O. The number of hydrogen-bond acceptors (Lipinski definition) is 3. The van der Waals surface area contributed by atoms with Crippen LogP contribution in [0.25, 0.3) is 0 Å². The van der Waals surface area contributed by atoms with E-state index >= 15 is 0 Å². The highest BCUT2D eigenvalue weighted by Crippen LogP contribution is 2.33. The maximum absolute atomic E-state index is 10.5. The van der Waals surface area contributed by atoms with Gasteiger partial charge in [0.2, 0.25) is 0 Å². The number of para-hydroxylation sites is 1. The van der Waals surface area contributed by atoms with Gasteiger partial charge < -0.3 is 14.6 Å². The fourth-order valence-electron chi connectivity index (χ4n) is 1.20. The lowest BCUT2D eigenvalue weighted by atomic mass is 10.0. The summed E-state index contributed by atoms with van der Waals surface area (Å²) in [5.41, 5.74) is 0.706. The van der Waals surface area contributed by atoms with E-state index in [1.807, 2.05) is 0 Å². The molecule has 0 aromatic heterocycles. The Balaban J connectivity index is 3.19. The molecule has 0 bridgehead atoms. The smallest absolute Gasteiger partial charge is 0.164 e. The average molecular weight is 180 g/mol. The van der Waals surface area contributed by atoms with Crippen LogP contribution in [0.4, 0.5) is 0 Å². The van der Waals surface area contributed by atoms with Gasteiger partial charge in [-0.2, -0.15) is 0 Å². The Labute approximate surface area is 77.0 Å². The summed E-state index contributed by atoms with van der Waals surface area (Å²) in [6.07, 6.45) is 0.817. The van der Waals surface area contributed by atoms with Crippen LogP contribution in [0, 0.1) is 0 Å². The molecule has 1 N–H and O–H groups in total. The van der Waals surface area contributed by atoms with Crippen molar-refractivity contribution in [2.75, 3.05) is 7.11 Å². The van der Waals surface area contributed by atoms with Crippen LogP contribution >= 0.6 is 0 Å². The van der Waals surface area contributed by atoms with E-state index in [-0.39, 0.29) is 11.7 Å². The number of benzene rings is 1. The van der Waals surface area contributed by atoms with Gasteiger partial charge in [-0.15, -0.1) is 0 Å². The summed E-state index contributed by atoms with van der Waals surface area (Å²) in [6, 6.07) is 4.98. The Hall–Kier alpha value is -1.51. The lowest BCUT2D eigenvalue weighted by Crippen LogP contribution is -1.98. The number of carbonyl (C=O) groups excluding carboxylic acids is 1. The third-order valence-electron chi connectivity index (χ3n) is 1.92. The Kier molecular flexibility index (Phi) is 2.90. The van der Waals surface area contributed by atoms with Gasteiger partial charge in [-0.1, -0.05) is 19.1 Å². The number of carbonyl (C=O) groups is 1. The zero-order chi connectivity index (χ0) is 9.84. The number of phenolic OH excluding ortho intramolecular Hbond substituents is 1. The molecule has 1 rings (SSSR count). The maximum Gasteiger partial charge on any atom is 0.164 e. The van der Waals surface area contributed by atoms with Crippen LogP contribution in [0.1, 0.15) is 18.4 Å². The van der Waals surface area contributed by atoms with E-state index in [1.165, 1.54) is 13.2 Å². The lowest BCUT2D eigenvalue weighted by molar-refractivity contribution is -0.108. The highest BCUT2D eigenvalue weighted by Gasteiger charge is 2.12. The first-order valence-corrected chi connectivity index (χ1v) is 4.02. The van der Waals surface area contributed by atoms with Crippen LogP contribution < -0.4 is 4.74 Å². The molecule has 1 unspecified atom stereocenters. The second kappa shape index (κ2) is 3.94. The second-order valence-corrected chi connectivity index (χ2v) is 2.82. The molecule has 0 radical (unpaired) electrons. The number of aromatic hydroxyl groups is 1. The number of ether oxygens (including phenoxy) is 1. The summed E-state index contributed by atoms with van der Waals surface area (Å²) >= 11 is 0. The van der Waals surface area contributed by atoms with Crippen LogP contribution in [0.2, 0.25) is 0 Å². The fraction of sp³-hybridized carbons (Fsp3) is 0.300. The Morgan fingerprint density at radius 1 is 1.54 bits per heavy atom. The minimum Gasteiger partial charge on any atom is -0.504 e. The summed E-state index contributed by atoms with van der Waals surface area (Å²) in [6.45, 7) is 1.75. The van der Waals surface area contributed by atoms with Crippen LogP contribution in [0.3, 0.4) is 0 Å². The predicted molar refractivity (Wildman–Crippen MR) is 49.1 cm³/mol. The van der Waals surface area contributed by atoms with Gasteiger partial charge in [0, 0.05) is 11.5 Å². The van der Waals surface area contributed by atoms with Crippen LogP contribution in [-0.2, 0) is 4.79 Å². The first-order chi connectivity index (χ1) is 6.20. The van der Waals surface area contributed by atoms with Gasteiger partial charge in [0.15, 0.2) is 11.5 Å². The Bertz CT molecular complexity index is 307. The molecular formula is C10H12O3. The van der Waals surface area contributed by atoms with E-state index in [1.54, 1.807) is 19.1 Å². The molecule has 0 heterocycles. The van der Waals surface area contributed by atoms with Crippen molar-refractivity contribution in [3.63, 3.8) is 0 Å². The molecule has 0 saturated heterocycles. The normalized spacial score (nSPS) is 12.2. The Morgan fingerprint density at radius 2 is 2.23 bits per heavy atom. The molecule has 0 aliphatic rings. The van der Waals surface area contributed by atoms with Crippen molar-refractivity contribution in [2.45, 2.75) is 12.8 Å². The molecule has 1 aromatic carbocycles.